The molecule has 0 radical (unpaired) electrons. The van der Waals surface area contributed by atoms with Crippen LogP contribution in [0.5, 0.6) is 5.75 Å². The highest BCUT2D eigenvalue weighted by molar-refractivity contribution is 5.82. The molecule has 0 saturated heterocycles. The van der Waals surface area contributed by atoms with Gasteiger partial charge in [-0.05, 0) is 18.2 Å². The van der Waals surface area contributed by atoms with Crippen LogP contribution in [-0.2, 0) is 7.05 Å². The number of benzene rings is 2. The summed E-state index contributed by atoms with van der Waals surface area (Å²) in [5, 5.41) is 9.23. The summed E-state index contributed by atoms with van der Waals surface area (Å²) in [6.07, 6.45) is 0. The van der Waals surface area contributed by atoms with Crippen LogP contribution in [0.3, 0.4) is 0 Å². The lowest BCUT2D eigenvalue weighted by Crippen LogP contribution is -2.09. The Labute approximate surface area is 122 Å². The average molecular weight is 275 g/mol. The zero-order valence-electron chi connectivity index (χ0n) is 11.6. The second kappa shape index (κ2) is 4.35. The highest BCUT2D eigenvalue weighted by atomic mass is 16.5. The number of hydrogen-bond donors (Lipinski definition) is 0. The topological polar surface area (TPSA) is 50.8 Å². The molecule has 4 heteroatoms. The van der Waals surface area contributed by atoms with Crippen LogP contribution in [0.2, 0.25) is 0 Å². The zero-order chi connectivity index (χ0) is 14.4. The van der Waals surface area contributed by atoms with E-state index in [9.17, 15) is 5.26 Å². The molecule has 0 fully saturated rings. The number of hydrogen-bond acceptors (Lipinski definition) is 3. The Kier molecular flexibility index (Phi) is 2.48. The van der Waals surface area contributed by atoms with Crippen molar-refractivity contribution in [2.24, 2.45) is 7.05 Å². The molecule has 1 aliphatic heterocycles. The van der Waals surface area contributed by atoms with Crippen LogP contribution in [0.25, 0.3) is 11.0 Å². The Bertz CT molecular complexity index is 889. The number of para-hydroxylation sites is 2. The van der Waals surface area contributed by atoms with E-state index in [0.717, 1.165) is 28.2 Å². The molecule has 1 aliphatic rings. The third-order valence-electron chi connectivity index (χ3n) is 4.08. The molecular weight excluding hydrogens is 262 g/mol. The quantitative estimate of drug-likeness (QED) is 0.686. The second-order valence-electron chi connectivity index (χ2n) is 5.22. The summed E-state index contributed by atoms with van der Waals surface area (Å²) in [5.41, 5.74) is 3.52. The highest BCUT2D eigenvalue weighted by Gasteiger charge is 2.29. The molecule has 21 heavy (non-hydrogen) atoms. The van der Waals surface area contributed by atoms with Gasteiger partial charge in [0.2, 0.25) is 0 Å². The summed E-state index contributed by atoms with van der Waals surface area (Å²) in [6, 6.07) is 16.0. The monoisotopic (exact) mass is 275 g/mol. The Morgan fingerprint density at radius 1 is 1.24 bits per heavy atom. The van der Waals surface area contributed by atoms with E-state index in [1.807, 2.05) is 37.4 Å². The predicted octanol–water partition coefficient (Wildman–Crippen LogP) is 2.97. The SMILES string of the molecule is Cn1c(C2COc3ccccc32)nc2c(C#N)cccc21. The van der Waals surface area contributed by atoms with Crippen LogP contribution < -0.4 is 4.74 Å². The number of imidazole rings is 1. The maximum atomic E-state index is 9.23. The summed E-state index contributed by atoms with van der Waals surface area (Å²) in [5.74, 6) is 1.98. The molecule has 4 rings (SSSR count). The van der Waals surface area contributed by atoms with Gasteiger partial charge in [-0.3, -0.25) is 0 Å². The van der Waals surface area contributed by atoms with Gasteiger partial charge in [0.1, 0.15) is 29.8 Å². The van der Waals surface area contributed by atoms with Crippen molar-refractivity contribution in [1.82, 2.24) is 9.55 Å². The molecule has 1 atom stereocenters. The number of aryl methyl sites for hydroxylation is 1. The van der Waals surface area contributed by atoms with Crippen molar-refractivity contribution >= 4 is 11.0 Å². The fraction of sp³-hybridized carbons (Fsp3) is 0.176. The van der Waals surface area contributed by atoms with Crippen molar-refractivity contribution < 1.29 is 4.74 Å². The van der Waals surface area contributed by atoms with E-state index in [0.29, 0.717) is 12.2 Å². The maximum Gasteiger partial charge on any atom is 0.123 e. The molecule has 0 spiro atoms. The van der Waals surface area contributed by atoms with E-state index in [2.05, 4.69) is 16.7 Å². The number of aromatic nitrogens is 2. The van der Waals surface area contributed by atoms with E-state index in [1.54, 1.807) is 6.07 Å². The van der Waals surface area contributed by atoms with E-state index >= 15 is 0 Å². The molecule has 3 aromatic rings. The number of rotatable bonds is 1. The van der Waals surface area contributed by atoms with E-state index < -0.39 is 0 Å². The van der Waals surface area contributed by atoms with Gasteiger partial charge < -0.3 is 9.30 Å². The zero-order valence-corrected chi connectivity index (χ0v) is 11.6. The Morgan fingerprint density at radius 2 is 2.10 bits per heavy atom. The van der Waals surface area contributed by atoms with E-state index in [1.165, 1.54) is 0 Å². The molecule has 0 bridgehead atoms. The van der Waals surface area contributed by atoms with Crippen LogP contribution in [0.15, 0.2) is 42.5 Å². The maximum absolute atomic E-state index is 9.23. The van der Waals surface area contributed by atoms with Gasteiger partial charge in [0.05, 0.1) is 17.0 Å². The molecule has 0 saturated carbocycles. The van der Waals surface area contributed by atoms with Gasteiger partial charge in [0.25, 0.3) is 0 Å². The smallest absolute Gasteiger partial charge is 0.123 e. The summed E-state index contributed by atoms with van der Waals surface area (Å²) in [6.45, 7) is 0.596. The molecule has 102 valence electrons. The molecule has 0 N–H and O–H groups in total. The first-order chi connectivity index (χ1) is 10.3. The van der Waals surface area contributed by atoms with Gasteiger partial charge in [-0.15, -0.1) is 0 Å². The summed E-state index contributed by atoms with van der Waals surface area (Å²) < 4.78 is 7.82. The second-order valence-corrected chi connectivity index (χ2v) is 5.22. The summed E-state index contributed by atoms with van der Waals surface area (Å²) >= 11 is 0. The highest BCUT2D eigenvalue weighted by Crippen LogP contribution is 2.38. The summed E-state index contributed by atoms with van der Waals surface area (Å²) in [4.78, 5) is 4.72. The first-order valence-corrected chi connectivity index (χ1v) is 6.87. The number of ether oxygens (including phenoxy) is 1. The lowest BCUT2D eigenvalue weighted by Gasteiger charge is -2.08. The van der Waals surface area contributed by atoms with Gasteiger partial charge in [0, 0.05) is 12.6 Å². The van der Waals surface area contributed by atoms with Crippen LogP contribution in [0.1, 0.15) is 22.9 Å². The van der Waals surface area contributed by atoms with Crippen LogP contribution in [0, 0.1) is 11.3 Å². The molecule has 2 heterocycles. The molecule has 1 aromatic heterocycles. The molecular formula is C17H13N3O. The van der Waals surface area contributed by atoms with Gasteiger partial charge >= 0.3 is 0 Å². The Hall–Kier alpha value is -2.80. The van der Waals surface area contributed by atoms with E-state index in [-0.39, 0.29) is 5.92 Å². The minimum absolute atomic E-state index is 0.116. The average Bonchev–Trinajstić information content (AvgIpc) is 3.09. The van der Waals surface area contributed by atoms with Crippen LogP contribution >= 0.6 is 0 Å². The molecule has 4 nitrogen and oxygen atoms in total. The van der Waals surface area contributed by atoms with Gasteiger partial charge in [0.15, 0.2) is 0 Å². The van der Waals surface area contributed by atoms with Crippen molar-refractivity contribution in [3.63, 3.8) is 0 Å². The molecule has 0 aliphatic carbocycles. The van der Waals surface area contributed by atoms with Crippen molar-refractivity contribution in [2.45, 2.75) is 5.92 Å². The van der Waals surface area contributed by atoms with Gasteiger partial charge in [-0.25, -0.2) is 4.98 Å². The van der Waals surface area contributed by atoms with Gasteiger partial charge in [-0.2, -0.15) is 5.26 Å². The van der Waals surface area contributed by atoms with Gasteiger partial charge in [-0.1, -0.05) is 24.3 Å². The van der Waals surface area contributed by atoms with Crippen molar-refractivity contribution in [1.29, 1.82) is 5.26 Å². The Balaban J connectivity index is 1.93. The fourth-order valence-electron chi connectivity index (χ4n) is 3.01. The van der Waals surface area contributed by atoms with E-state index in [4.69, 9.17) is 9.72 Å². The largest absolute Gasteiger partial charge is 0.492 e. The Morgan fingerprint density at radius 3 is 2.95 bits per heavy atom. The fourth-order valence-corrected chi connectivity index (χ4v) is 3.01. The minimum atomic E-state index is 0.116. The van der Waals surface area contributed by atoms with Crippen LogP contribution in [0.4, 0.5) is 0 Å². The first-order valence-electron chi connectivity index (χ1n) is 6.87. The first kappa shape index (κ1) is 12.0. The third-order valence-corrected chi connectivity index (χ3v) is 4.08. The van der Waals surface area contributed by atoms with Crippen molar-refractivity contribution in [3.05, 3.63) is 59.4 Å². The lowest BCUT2D eigenvalue weighted by molar-refractivity contribution is 0.338. The predicted molar refractivity (Wildman–Crippen MR) is 79.2 cm³/mol. The lowest BCUT2D eigenvalue weighted by atomic mass is 10.0. The van der Waals surface area contributed by atoms with Crippen molar-refractivity contribution in [2.75, 3.05) is 6.61 Å². The third kappa shape index (κ3) is 1.64. The minimum Gasteiger partial charge on any atom is -0.492 e. The molecule has 0 amide bonds. The standard InChI is InChI=1S/C17H13N3O/c1-20-14-7-4-5-11(9-18)16(14)19-17(20)13-10-21-15-8-3-2-6-12(13)15/h2-8,13H,10H2,1H3. The van der Waals surface area contributed by atoms with Crippen molar-refractivity contribution in [3.8, 4) is 11.8 Å². The summed E-state index contributed by atoms with van der Waals surface area (Å²) in [7, 11) is 1.99. The number of fused-ring (bicyclic) bond motifs is 2. The molecule has 2 aromatic carbocycles. The number of nitrogens with zero attached hydrogens (tertiary/aromatic N) is 3. The van der Waals surface area contributed by atoms with Crippen LogP contribution in [-0.4, -0.2) is 16.2 Å². The normalized spacial score (nSPS) is 16.5. The molecule has 1 unspecified atom stereocenters. The number of nitriles is 1.